The first-order valence-corrected chi connectivity index (χ1v) is 9.34. The Kier molecular flexibility index (Phi) is 7.07. The molecule has 2 N–H and O–H groups in total. The molecule has 0 atom stereocenters. The predicted molar refractivity (Wildman–Crippen MR) is 110 cm³/mol. The minimum atomic E-state index is 0.0579. The van der Waals surface area contributed by atoms with Crippen LogP contribution in [0, 0.1) is 5.92 Å². The minimum Gasteiger partial charge on any atom is -0.399 e. The van der Waals surface area contributed by atoms with Crippen molar-refractivity contribution >= 4 is 17.3 Å². The molecule has 0 radical (unpaired) electrons. The summed E-state index contributed by atoms with van der Waals surface area (Å²) in [5, 5.41) is 0. The fraction of sp³-hybridized carbons (Fsp3) is 0.409. The zero-order valence-electron chi connectivity index (χ0n) is 16.4. The van der Waals surface area contributed by atoms with Crippen molar-refractivity contribution in [3.63, 3.8) is 0 Å². The molecule has 0 heterocycles. The maximum absolute atomic E-state index is 13.2. The van der Waals surface area contributed by atoms with Crippen LogP contribution in [0.3, 0.4) is 0 Å². The lowest BCUT2D eigenvalue weighted by Crippen LogP contribution is -2.35. The number of benzene rings is 2. The molecule has 26 heavy (non-hydrogen) atoms. The highest BCUT2D eigenvalue weighted by atomic mass is 16.2. The van der Waals surface area contributed by atoms with E-state index in [0.29, 0.717) is 13.1 Å². The number of carbonyl (C=O) groups is 1. The zero-order valence-corrected chi connectivity index (χ0v) is 16.4. The van der Waals surface area contributed by atoms with E-state index >= 15 is 0 Å². The number of amides is 1. The summed E-state index contributed by atoms with van der Waals surface area (Å²) < 4.78 is 0. The standard InChI is InChI=1S/C22H31N3O/c1-5-18(6-2)22(26)25(15-17-10-8-7-9-11-17)16-19-14-20(23)12-13-21(19)24(3)4/h7-14,18H,5-6,15-16,23H2,1-4H3. The van der Waals surface area contributed by atoms with E-state index in [9.17, 15) is 4.79 Å². The molecule has 0 saturated heterocycles. The molecule has 2 aromatic rings. The minimum absolute atomic E-state index is 0.0579. The molecule has 0 aromatic heterocycles. The van der Waals surface area contributed by atoms with Crippen LogP contribution in [0.4, 0.5) is 11.4 Å². The lowest BCUT2D eigenvalue weighted by Gasteiger charge is -2.29. The van der Waals surface area contributed by atoms with Gasteiger partial charge in [0.15, 0.2) is 0 Å². The molecule has 0 unspecified atom stereocenters. The van der Waals surface area contributed by atoms with Crippen LogP contribution < -0.4 is 10.6 Å². The Bertz CT molecular complexity index is 709. The SMILES string of the molecule is CCC(CC)C(=O)N(Cc1ccccc1)Cc1cc(N)ccc1N(C)C. The van der Waals surface area contributed by atoms with Crippen LogP contribution in [0.5, 0.6) is 0 Å². The third-order valence-electron chi connectivity index (χ3n) is 4.81. The summed E-state index contributed by atoms with van der Waals surface area (Å²) in [5.74, 6) is 0.272. The average molecular weight is 354 g/mol. The van der Waals surface area contributed by atoms with Gasteiger partial charge in [0.2, 0.25) is 5.91 Å². The highest BCUT2D eigenvalue weighted by Gasteiger charge is 2.23. The van der Waals surface area contributed by atoms with E-state index in [1.54, 1.807) is 0 Å². The zero-order chi connectivity index (χ0) is 19.1. The Labute approximate surface area is 157 Å². The first-order chi connectivity index (χ1) is 12.5. The molecule has 4 heteroatoms. The third kappa shape index (κ3) is 5.01. The van der Waals surface area contributed by atoms with Gasteiger partial charge < -0.3 is 15.5 Å². The molecule has 1 amide bonds. The molecule has 0 bridgehead atoms. The molecular weight excluding hydrogens is 322 g/mol. The molecule has 0 fully saturated rings. The molecule has 0 aliphatic carbocycles. The van der Waals surface area contributed by atoms with Crippen molar-refractivity contribution in [2.45, 2.75) is 39.8 Å². The molecule has 4 nitrogen and oxygen atoms in total. The van der Waals surface area contributed by atoms with Gasteiger partial charge in [-0.25, -0.2) is 0 Å². The number of nitrogens with zero attached hydrogens (tertiary/aromatic N) is 2. The van der Waals surface area contributed by atoms with Crippen molar-refractivity contribution in [1.29, 1.82) is 0 Å². The van der Waals surface area contributed by atoms with Crippen LogP contribution in [0.25, 0.3) is 0 Å². The van der Waals surface area contributed by atoms with Gasteiger partial charge >= 0.3 is 0 Å². The highest BCUT2D eigenvalue weighted by Crippen LogP contribution is 2.25. The molecule has 0 aliphatic heterocycles. The number of nitrogens with two attached hydrogens (primary N) is 1. The summed E-state index contributed by atoms with van der Waals surface area (Å²) in [4.78, 5) is 17.2. The number of hydrogen-bond donors (Lipinski definition) is 1. The van der Waals surface area contributed by atoms with Crippen molar-refractivity contribution < 1.29 is 4.79 Å². The first-order valence-electron chi connectivity index (χ1n) is 9.34. The topological polar surface area (TPSA) is 49.6 Å². The summed E-state index contributed by atoms with van der Waals surface area (Å²) in [7, 11) is 4.03. The van der Waals surface area contributed by atoms with Gasteiger partial charge in [0.05, 0.1) is 0 Å². The Morgan fingerprint density at radius 1 is 1.00 bits per heavy atom. The molecule has 0 saturated carbocycles. The van der Waals surface area contributed by atoms with Crippen LogP contribution in [0.15, 0.2) is 48.5 Å². The van der Waals surface area contributed by atoms with Gasteiger partial charge in [0.25, 0.3) is 0 Å². The van der Waals surface area contributed by atoms with E-state index < -0.39 is 0 Å². The summed E-state index contributed by atoms with van der Waals surface area (Å²) in [5.41, 5.74) is 10.1. The fourth-order valence-corrected chi connectivity index (χ4v) is 3.29. The number of hydrogen-bond acceptors (Lipinski definition) is 3. The number of rotatable bonds is 8. The van der Waals surface area contributed by atoms with E-state index in [2.05, 4.69) is 30.9 Å². The Morgan fingerprint density at radius 2 is 1.65 bits per heavy atom. The molecule has 0 spiro atoms. The molecule has 0 aliphatic rings. The highest BCUT2D eigenvalue weighted by molar-refractivity contribution is 5.79. The predicted octanol–water partition coefficient (Wildman–Crippen LogP) is 4.30. The quantitative estimate of drug-likeness (QED) is 0.720. The van der Waals surface area contributed by atoms with Gasteiger partial charge in [-0.2, -0.15) is 0 Å². The van der Waals surface area contributed by atoms with Gasteiger partial charge in [-0.05, 0) is 42.2 Å². The summed E-state index contributed by atoms with van der Waals surface area (Å²) in [6, 6.07) is 16.1. The van der Waals surface area contributed by atoms with Crippen molar-refractivity contribution in [3.8, 4) is 0 Å². The average Bonchev–Trinajstić information content (AvgIpc) is 2.62. The Morgan fingerprint density at radius 3 is 2.23 bits per heavy atom. The monoisotopic (exact) mass is 353 g/mol. The number of anilines is 2. The smallest absolute Gasteiger partial charge is 0.226 e. The van der Waals surface area contributed by atoms with Gasteiger partial charge in [-0.1, -0.05) is 44.2 Å². The number of carbonyl (C=O) groups excluding carboxylic acids is 1. The fourth-order valence-electron chi connectivity index (χ4n) is 3.29. The van der Waals surface area contributed by atoms with Crippen LogP contribution in [-0.4, -0.2) is 24.9 Å². The van der Waals surface area contributed by atoms with Crippen molar-refractivity contribution in [3.05, 3.63) is 59.7 Å². The second-order valence-electron chi connectivity index (χ2n) is 6.98. The van der Waals surface area contributed by atoms with Gasteiger partial charge in [0, 0.05) is 44.5 Å². The van der Waals surface area contributed by atoms with Crippen LogP contribution in [0.2, 0.25) is 0 Å². The van der Waals surface area contributed by atoms with Crippen LogP contribution >= 0.6 is 0 Å². The Hall–Kier alpha value is -2.49. The van der Waals surface area contributed by atoms with Gasteiger partial charge in [-0.3, -0.25) is 4.79 Å². The van der Waals surface area contributed by atoms with E-state index in [1.807, 2.05) is 55.4 Å². The van der Waals surface area contributed by atoms with E-state index in [0.717, 1.165) is 35.3 Å². The van der Waals surface area contributed by atoms with E-state index in [1.165, 1.54) is 0 Å². The lowest BCUT2D eigenvalue weighted by molar-refractivity contribution is -0.137. The third-order valence-corrected chi connectivity index (χ3v) is 4.81. The maximum atomic E-state index is 13.2. The van der Waals surface area contributed by atoms with Crippen LogP contribution in [-0.2, 0) is 17.9 Å². The summed E-state index contributed by atoms with van der Waals surface area (Å²) >= 11 is 0. The number of nitrogen functional groups attached to an aromatic ring is 1. The second kappa shape index (κ2) is 9.27. The summed E-state index contributed by atoms with van der Waals surface area (Å²) in [6.07, 6.45) is 1.72. The van der Waals surface area contributed by atoms with E-state index in [-0.39, 0.29) is 11.8 Å². The lowest BCUT2D eigenvalue weighted by atomic mass is 10.0. The first kappa shape index (κ1) is 19.8. The van der Waals surface area contributed by atoms with E-state index in [4.69, 9.17) is 5.73 Å². The molecule has 2 aromatic carbocycles. The second-order valence-corrected chi connectivity index (χ2v) is 6.98. The summed E-state index contributed by atoms with van der Waals surface area (Å²) in [6.45, 7) is 5.33. The normalized spacial score (nSPS) is 10.8. The van der Waals surface area contributed by atoms with Crippen molar-refractivity contribution in [1.82, 2.24) is 4.90 Å². The van der Waals surface area contributed by atoms with Crippen LogP contribution in [0.1, 0.15) is 37.8 Å². The van der Waals surface area contributed by atoms with Gasteiger partial charge in [0.1, 0.15) is 0 Å². The Balaban J connectivity index is 2.35. The van der Waals surface area contributed by atoms with Gasteiger partial charge in [-0.15, -0.1) is 0 Å². The maximum Gasteiger partial charge on any atom is 0.226 e. The van der Waals surface area contributed by atoms with Crippen molar-refractivity contribution in [2.75, 3.05) is 24.7 Å². The molecule has 2 rings (SSSR count). The molecule has 140 valence electrons. The molecular formula is C22H31N3O. The largest absolute Gasteiger partial charge is 0.399 e. The van der Waals surface area contributed by atoms with Crippen molar-refractivity contribution in [2.24, 2.45) is 5.92 Å².